The zero-order valence-corrected chi connectivity index (χ0v) is 14.0. The SMILES string of the molecule is CC(NC(=O)c1nc(S(C)(=O)=O)n2ccccc12)c1cccnc1. The minimum atomic E-state index is -3.56. The van der Waals surface area contributed by atoms with Crippen molar-refractivity contribution in [1.29, 1.82) is 0 Å². The summed E-state index contributed by atoms with van der Waals surface area (Å²) in [5.41, 5.74) is 1.36. The molecule has 1 amide bonds. The maximum absolute atomic E-state index is 12.6. The number of nitrogens with one attached hydrogen (secondary N) is 1. The molecule has 0 saturated heterocycles. The van der Waals surface area contributed by atoms with E-state index in [9.17, 15) is 13.2 Å². The number of fused-ring (bicyclic) bond motifs is 1. The Balaban J connectivity index is 1.99. The van der Waals surface area contributed by atoms with E-state index in [0.29, 0.717) is 5.52 Å². The van der Waals surface area contributed by atoms with Gasteiger partial charge in [-0.25, -0.2) is 13.4 Å². The van der Waals surface area contributed by atoms with Crippen LogP contribution in [0, 0.1) is 0 Å². The Labute approximate surface area is 139 Å². The Kier molecular flexibility index (Phi) is 4.06. The van der Waals surface area contributed by atoms with Crippen molar-refractivity contribution in [2.24, 2.45) is 0 Å². The molecule has 0 saturated carbocycles. The molecule has 0 radical (unpaired) electrons. The summed E-state index contributed by atoms with van der Waals surface area (Å²) < 4.78 is 25.2. The smallest absolute Gasteiger partial charge is 0.272 e. The molecule has 3 heterocycles. The van der Waals surface area contributed by atoms with Gasteiger partial charge in [-0.05, 0) is 30.7 Å². The number of carbonyl (C=O) groups excluding carboxylic acids is 1. The summed E-state index contributed by atoms with van der Waals surface area (Å²) in [5, 5.41) is 2.66. The molecule has 0 aromatic carbocycles. The molecule has 0 aliphatic rings. The van der Waals surface area contributed by atoms with E-state index in [-0.39, 0.29) is 16.9 Å². The highest BCUT2D eigenvalue weighted by Crippen LogP contribution is 2.18. The minimum Gasteiger partial charge on any atom is -0.344 e. The van der Waals surface area contributed by atoms with Gasteiger partial charge in [-0.3, -0.25) is 14.2 Å². The Morgan fingerprint density at radius 1 is 1.25 bits per heavy atom. The summed E-state index contributed by atoms with van der Waals surface area (Å²) in [6.45, 7) is 1.82. The highest BCUT2D eigenvalue weighted by Gasteiger charge is 2.23. The van der Waals surface area contributed by atoms with Crippen LogP contribution < -0.4 is 5.32 Å². The molecule has 0 aliphatic carbocycles. The van der Waals surface area contributed by atoms with E-state index >= 15 is 0 Å². The lowest BCUT2D eigenvalue weighted by Gasteiger charge is -2.12. The summed E-state index contributed by atoms with van der Waals surface area (Å²) in [6, 6.07) is 8.42. The number of rotatable bonds is 4. The molecule has 3 rings (SSSR count). The van der Waals surface area contributed by atoms with Gasteiger partial charge in [0.05, 0.1) is 11.6 Å². The zero-order valence-electron chi connectivity index (χ0n) is 13.2. The number of hydrogen-bond donors (Lipinski definition) is 1. The summed E-state index contributed by atoms with van der Waals surface area (Å²) in [6.07, 6.45) is 5.95. The van der Waals surface area contributed by atoms with Crippen LogP contribution in [0.1, 0.15) is 29.0 Å². The fourth-order valence-corrected chi connectivity index (χ4v) is 3.19. The largest absolute Gasteiger partial charge is 0.344 e. The molecule has 7 nitrogen and oxygen atoms in total. The second kappa shape index (κ2) is 6.04. The maximum Gasteiger partial charge on any atom is 0.272 e. The number of carbonyl (C=O) groups is 1. The maximum atomic E-state index is 12.6. The number of sulfone groups is 1. The van der Waals surface area contributed by atoms with Crippen molar-refractivity contribution in [1.82, 2.24) is 19.7 Å². The third kappa shape index (κ3) is 3.00. The topological polar surface area (TPSA) is 93.4 Å². The number of aromatic nitrogens is 3. The summed E-state index contributed by atoms with van der Waals surface area (Å²) >= 11 is 0. The molecule has 8 heteroatoms. The van der Waals surface area contributed by atoms with E-state index in [1.807, 2.05) is 13.0 Å². The van der Waals surface area contributed by atoms with Crippen LogP contribution in [0.15, 0.2) is 54.1 Å². The van der Waals surface area contributed by atoms with Gasteiger partial charge in [0.25, 0.3) is 5.91 Å². The molecule has 0 bridgehead atoms. The lowest BCUT2D eigenvalue weighted by Crippen LogP contribution is -2.27. The van der Waals surface area contributed by atoms with Gasteiger partial charge in [0.2, 0.25) is 15.0 Å². The second-order valence-corrected chi connectivity index (χ2v) is 7.36. The Morgan fingerprint density at radius 3 is 2.71 bits per heavy atom. The van der Waals surface area contributed by atoms with E-state index < -0.39 is 15.7 Å². The van der Waals surface area contributed by atoms with Crippen molar-refractivity contribution in [2.45, 2.75) is 18.1 Å². The first-order valence-electron chi connectivity index (χ1n) is 7.26. The summed E-state index contributed by atoms with van der Waals surface area (Å²) in [4.78, 5) is 20.7. The van der Waals surface area contributed by atoms with Crippen LogP contribution in [0.25, 0.3) is 5.52 Å². The molecule has 3 aromatic heterocycles. The lowest BCUT2D eigenvalue weighted by molar-refractivity contribution is 0.0936. The van der Waals surface area contributed by atoms with E-state index in [1.165, 1.54) is 4.40 Å². The fourth-order valence-electron chi connectivity index (χ4n) is 2.42. The predicted octanol–water partition coefficient (Wildman–Crippen LogP) is 1.62. The molecule has 0 fully saturated rings. The van der Waals surface area contributed by atoms with Crippen molar-refractivity contribution in [2.75, 3.05) is 6.26 Å². The first-order valence-corrected chi connectivity index (χ1v) is 9.15. The normalized spacial score (nSPS) is 12.9. The van der Waals surface area contributed by atoms with Crippen molar-refractivity contribution < 1.29 is 13.2 Å². The van der Waals surface area contributed by atoms with Crippen molar-refractivity contribution >= 4 is 21.3 Å². The van der Waals surface area contributed by atoms with Gasteiger partial charge in [0.1, 0.15) is 0 Å². The van der Waals surface area contributed by atoms with Gasteiger partial charge in [0.15, 0.2) is 5.69 Å². The monoisotopic (exact) mass is 344 g/mol. The van der Waals surface area contributed by atoms with Crippen molar-refractivity contribution in [3.8, 4) is 0 Å². The van der Waals surface area contributed by atoms with Gasteiger partial charge in [-0.15, -0.1) is 0 Å². The van der Waals surface area contributed by atoms with Gasteiger partial charge in [0, 0.05) is 24.8 Å². The average molecular weight is 344 g/mol. The molecule has 1 unspecified atom stereocenters. The average Bonchev–Trinajstić information content (AvgIpc) is 2.95. The molecular weight excluding hydrogens is 328 g/mol. The van der Waals surface area contributed by atoms with E-state index in [2.05, 4.69) is 15.3 Å². The van der Waals surface area contributed by atoms with Gasteiger partial charge in [-0.1, -0.05) is 12.1 Å². The number of imidazole rings is 1. The van der Waals surface area contributed by atoms with Gasteiger partial charge >= 0.3 is 0 Å². The molecule has 1 atom stereocenters. The predicted molar refractivity (Wildman–Crippen MR) is 88.4 cm³/mol. The lowest BCUT2D eigenvalue weighted by atomic mass is 10.1. The number of hydrogen-bond acceptors (Lipinski definition) is 5. The number of amides is 1. The van der Waals surface area contributed by atoms with Gasteiger partial charge in [-0.2, -0.15) is 0 Å². The van der Waals surface area contributed by atoms with Crippen LogP contribution in [-0.2, 0) is 9.84 Å². The molecule has 0 aliphatic heterocycles. The first kappa shape index (κ1) is 16.1. The Hall–Kier alpha value is -2.74. The second-order valence-electron chi connectivity index (χ2n) is 5.45. The van der Waals surface area contributed by atoms with E-state index in [1.54, 1.807) is 42.9 Å². The molecule has 3 aromatic rings. The van der Waals surface area contributed by atoms with Crippen LogP contribution in [0.2, 0.25) is 0 Å². The molecule has 24 heavy (non-hydrogen) atoms. The van der Waals surface area contributed by atoms with Crippen LogP contribution in [0.3, 0.4) is 0 Å². The number of pyridine rings is 2. The minimum absolute atomic E-state index is 0.0757. The van der Waals surface area contributed by atoms with Gasteiger partial charge < -0.3 is 5.32 Å². The quantitative estimate of drug-likeness (QED) is 0.776. The van der Waals surface area contributed by atoms with Crippen molar-refractivity contribution in [3.05, 3.63) is 60.2 Å². The molecular formula is C16H16N4O3S. The Bertz CT molecular complexity index is 997. The summed E-state index contributed by atoms with van der Waals surface area (Å²) in [5.74, 6) is -0.440. The molecule has 1 N–H and O–H groups in total. The summed E-state index contributed by atoms with van der Waals surface area (Å²) in [7, 11) is -3.56. The standard InChI is InChI=1S/C16H16N4O3S/c1-11(12-6-5-8-17-10-12)18-15(21)14-13-7-3-4-9-20(13)16(19-14)24(2,22)23/h3-11H,1-2H3,(H,18,21). The van der Waals surface area contributed by atoms with E-state index in [4.69, 9.17) is 0 Å². The molecule has 124 valence electrons. The highest BCUT2D eigenvalue weighted by molar-refractivity contribution is 7.90. The highest BCUT2D eigenvalue weighted by atomic mass is 32.2. The third-order valence-electron chi connectivity index (χ3n) is 3.59. The number of nitrogens with zero attached hydrogens (tertiary/aromatic N) is 3. The van der Waals surface area contributed by atoms with E-state index in [0.717, 1.165) is 11.8 Å². The van der Waals surface area contributed by atoms with Crippen molar-refractivity contribution in [3.63, 3.8) is 0 Å². The first-order chi connectivity index (χ1) is 11.4. The Morgan fingerprint density at radius 2 is 2.04 bits per heavy atom. The van der Waals surface area contributed by atoms with Crippen LogP contribution in [0.4, 0.5) is 0 Å². The fraction of sp³-hybridized carbons (Fsp3) is 0.188. The van der Waals surface area contributed by atoms with Crippen LogP contribution in [0.5, 0.6) is 0 Å². The van der Waals surface area contributed by atoms with Crippen LogP contribution in [-0.4, -0.2) is 34.9 Å². The zero-order chi connectivity index (χ0) is 17.3. The third-order valence-corrected chi connectivity index (χ3v) is 4.55. The van der Waals surface area contributed by atoms with Crippen LogP contribution >= 0.6 is 0 Å². The molecule has 0 spiro atoms.